The third-order valence-corrected chi connectivity index (χ3v) is 1.85. The predicted octanol–water partition coefficient (Wildman–Crippen LogP) is 2.92. The smallest absolute Gasteiger partial charge is 0.141 e. The van der Waals surface area contributed by atoms with E-state index in [1.165, 1.54) is 0 Å². The monoisotopic (exact) mass is 193 g/mol. The van der Waals surface area contributed by atoms with Gasteiger partial charge in [0.1, 0.15) is 11.8 Å². The summed E-state index contributed by atoms with van der Waals surface area (Å²) in [6, 6.07) is 2.44. The highest BCUT2D eigenvalue weighted by Gasteiger charge is 2.10. The second-order valence-corrected chi connectivity index (χ2v) is 3.02. The Kier molecular flexibility index (Phi) is 5.62. The Bertz CT molecular complexity index is 305. The standard InChI is InChI=1S/C9H13N3.C2H6/c1-4-8-6-11-12(7(2)3)9(8)5-10;1-2/h6-7H,4H2,1-3H3;1-2H3. The fourth-order valence-corrected chi connectivity index (χ4v) is 1.17. The number of rotatable bonds is 2. The average Bonchev–Trinajstić information content (AvgIpc) is 2.63. The first-order valence-corrected chi connectivity index (χ1v) is 5.17. The fourth-order valence-electron chi connectivity index (χ4n) is 1.17. The summed E-state index contributed by atoms with van der Waals surface area (Å²) in [5, 5.41) is 13.0. The molecule has 14 heavy (non-hydrogen) atoms. The van der Waals surface area contributed by atoms with Crippen molar-refractivity contribution in [1.29, 1.82) is 5.26 Å². The summed E-state index contributed by atoms with van der Waals surface area (Å²) in [4.78, 5) is 0. The second kappa shape index (κ2) is 6.20. The van der Waals surface area contributed by atoms with Crippen molar-refractivity contribution in [3.05, 3.63) is 17.5 Å². The normalized spacial score (nSPS) is 9.21. The first-order chi connectivity index (χ1) is 6.70. The number of aryl methyl sites for hydroxylation is 1. The van der Waals surface area contributed by atoms with E-state index in [-0.39, 0.29) is 6.04 Å². The van der Waals surface area contributed by atoms with Crippen LogP contribution in [0.2, 0.25) is 0 Å². The topological polar surface area (TPSA) is 41.6 Å². The van der Waals surface area contributed by atoms with Gasteiger partial charge in [-0.15, -0.1) is 0 Å². The van der Waals surface area contributed by atoms with Gasteiger partial charge in [0.05, 0.1) is 6.20 Å². The molecule has 1 aromatic rings. The van der Waals surface area contributed by atoms with Crippen LogP contribution >= 0.6 is 0 Å². The summed E-state index contributed by atoms with van der Waals surface area (Å²) in [5.41, 5.74) is 1.73. The van der Waals surface area contributed by atoms with Crippen LogP contribution in [0, 0.1) is 11.3 Å². The number of nitriles is 1. The van der Waals surface area contributed by atoms with Crippen molar-refractivity contribution in [2.24, 2.45) is 0 Å². The van der Waals surface area contributed by atoms with Crippen LogP contribution in [-0.4, -0.2) is 9.78 Å². The van der Waals surface area contributed by atoms with Crippen LogP contribution in [0.25, 0.3) is 0 Å². The first-order valence-electron chi connectivity index (χ1n) is 5.17. The minimum Gasteiger partial charge on any atom is -0.252 e. The molecule has 0 aliphatic rings. The SMILES string of the molecule is CC.CCc1cnn(C(C)C)c1C#N. The molecule has 1 aromatic heterocycles. The Morgan fingerprint density at radius 2 is 2.07 bits per heavy atom. The molecule has 0 amide bonds. The largest absolute Gasteiger partial charge is 0.252 e. The molecule has 3 heteroatoms. The third kappa shape index (κ3) is 2.59. The van der Waals surface area contributed by atoms with Crippen LogP contribution in [0.3, 0.4) is 0 Å². The van der Waals surface area contributed by atoms with Crippen LogP contribution in [0.15, 0.2) is 6.20 Å². The lowest BCUT2D eigenvalue weighted by Crippen LogP contribution is -2.05. The fraction of sp³-hybridized carbons (Fsp3) is 0.636. The maximum Gasteiger partial charge on any atom is 0.141 e. The minimum absolute atomic E-state index is 0.264. The average molecular weight is 193 g/mol. The lowest BCUT2D eigenvalue weighted by Gasteiger charge is -2.05. The maximum absolute atomic E-state index is 8.86. The highest BCUT2D eigenvalue weighted by Crippen LogP contribution is 2.12. The molecule has 0 saturated heterocycles. The van der Waals surface area contributed by atoms with Gasteiger partial charge in [-0.25, -0.2) is 0 Å². The molecule has 78 valence electrons. The second-order valence-electron chi connectivity index (χ2n) is 3.02. The van der Waals surface area contributed by atoms with Gasteiger partial charge in [0, 0.05) is 11.6 Å². The summed E-state index contributed by atoms with van der Waals surface area (Å²) in [6.07, 6.45) is 2.65. The molecule has 0 spiro atoms. The van der Waals surface area contributed by atoms with E-state index in [4.69, 9.17) is 5.26 Å². The van der Waals surface area contributed by atoms with Crippen molar-refractivity contribution < 1.29 is 0 Å². The van der Waals surface area contributed by atoms with E-state index in [1.807, 2.05) is 34.6 Å². The Morgan fingerprint density at radius 1 is 1.50 bits per heavy atom. The number of hydrogen-bond acceptors (Lipinski definition) is 2. The first kappa shape index (κ1) is 12.7. The zero-order valence-electron chi connectivity index (χ0n) is 9.70. The Balaban J connectivity index is 0.000000791. The molecular formula is C11H19N3. The van der Waals surface area contributed by atoms with E-state index in [2.05, 4.69) is 11.2 Å². The van der Waals surface area contributed by atoms with E-state index in [9.17, 15) is 0 Å². The van der Waals surface area contributed by atoms with Crippen molar-refractivity contribution in [3.63, 3.8) is 0 Å². The third-order valence-electron chi connectivity index (χ3n) is 1.85. The summed E-state index contributed by atoms with van der Waals surface area (Å²) in [6.45, 7) is 10.1. The van der Waals surface area contributed by atoms with E-state index in [0.717, 1.165) is 12.0 Å². The van der Waals surface area contributed by atoms with E-state index in [1.54, 1.807) is 10.9 Å². The van der Waals surface area contributed by atoms with Crippen LogP contribution in [0.5, 0.6) is 0 Å². The van der Waals surface area contributed by atoms with Gasteiger partial charge >= 0.3 is 0 Å². The van der Waals surface area contributed by atoms with Gasteiger partial charge in [0.15, 0.2) is 0 Å². The molecule has 0 bridgehead atoms. The molecule has 0 saturated carbocycles. The Morgan fingerprint density at radius 3 is 2.43 bits per heavy atom. The highest BCUT2D eigenvalue weighted by atomic mass is 15.3. The zero-order chi connectivity index (χ0) is 11.1. The van der Waals surface area contributed by atoms with Crippen LogP contribution in [0.1, 0.15) is 51.9 Å². The van der Waals surface area contributed by atoms with Gasteiger partial charge in [0.25, 0.3) is 0 Å². The molecule has 0 N–H and O–H groups in total. The van der Waals surface area contributed by atoms with Gasteiger partial charge < -0.3 is 0 Å². The quantitative estimate of drug-likeness (QED) is 0.724. The summed E-state index contributed by atoms with van der Waals surface area (Å²) >= 11 is 0. The molecule has 0 aliphatic heterocycles. The molecule has 0 fully saturated rings. The van der Waals surface area contributed by atoms with Crippen molar-refractivity contribution in [2.75, 3.05) is 0 Å². The molecular weight excluding hydrogens is 174 g/mol. The number of nitrogens with zero attached hydrogens (tertiary/aromatic N) is 3. The molecule has 0 aromatic carbocycles. The van der Waals surface area contributed by atoms with Gasteiger partial charge in [-0.05, 0) is 20.3 Å². The Labute approximate surface area is 86.4 Å². The van der Waals surface area contributed by atoms with E-state index < -0.39 is 0 Å². The minimum atomic E-state index is 0.264. The summed E-state index contributed by atoms with van der Waals surface area (Å²) < 4.78 is 1.76. The van der Waals surface area contributed by atoms with Gasteiger partial charge in [0.2, 0.25) is 0 Å². The van der Waals surface area contributed by atoms with Crippen LogP contribution in [-0.2, 0) is 6.42 Å². The molecule has 1 heterocycles. The Hall–Kier alpha value is -1.30. The molecule has 0 atom stereocenters. The molecule has 3 nitrogen and oxygen atoms in total. The number of aromatic nitrogens is 2. The van der Waals surface area contributed by atoms with Crippen molar-refractivity contribution in [2.45, 2.75) is 47.1 Å². The number of hydrogen-bond donors (Lipinski definition) is 0. The van der Waals surface area contributed by atoms with Gasteiger partial charge in [-0.1, -0.05) is 20.8 Å². The van der Waals surface area contributed by atoms with Crippen LogP contribution in [0.4, 0.5) is 0 Å². The summed E-state index contributed by atoms with van der Waals surface area (Å²) in [5.74, 6) is 0. The molecule has 0 aliphatic carbocycles. The lowest BCUT2D eigenvalue weighted by atomic mass is 10.2. The molecule has 0 unspecified atom stereocenters. The lowest BCUT2D eigenvalue weighted by molar-refractivity contribution is 0.526. The highest BCUT2D eigenvalue weighted by molar-refractivity contribution is 5.30. The van der Waals surface area contributed by atoms with E-state index in [0.29, 0.717) is 5.69 Å². The predicted molar refractivity (Wildman–Crippen MR) is 58.1 cm³/mol. The van der Waals surface area contributed by atoms with Crippen molar-refractivity contribution in [1.82, 2.24) is 9.78 Å². The molecule has 1 rings (SSSR count). The molecule has 0 radical (unpaired) electrons. The van der Waals surface area contributed by atoms with Gasteiger partial charge in [-0.2, -0.15) is 10.4 Å². The van der Waals surface area contributed by atoms with E-state index >= 15 is 0 Å². The van der Waals surface area contributed by atoms with Gasteiger partial charge in [-0.3, -0.25) is 4.68 Å². The maximum atomic E-state index is 8.86. The van der Waals surface area contributed by atoms with Crippen LogP contribution < -0.4 is 0 Å². The zero-order valence-corrected chi connectivity index (χ0v) is 9.70. The summed E-state index contributed by atoms with van der Waals surface area (Å²) in [7, 11) is 0. The van der Waals surface area contributed by atoms with Crippen molar-refractivity contribution >= 4 is 0 Å². The van der Waals surface area contributed by atoms with Crippen molar-refractivity contribution in [3.8, 4) is 6.07 Å².